The summed E-state index contributed by atoms with van der Waals surface area (Å²) in [6, 6.07) is 28.7. The van der Waals surface area contributed by atoms with Crippen molar-refractivity contribution >= 4 is 23.3 Å². The first kappa shape index (κ1) is 22.9. The van der Waals surface area contributed by atoms with Crippen LogP contribution in [0, 0.1) is 18.8 Å². The summed E-state index contributed by atoms with van der Waals surface area (Å²) in [5.74, 6) is 0.805. The molecule has 2 unspecified atom stereocenters. The molecule has 0 spiro atoms. The van der Waals surface area contributed by atoms with Crippen LogP contribution in [0.4, 0.5) is 0 Å². The van der Waals surface area contributed by atoms with Crippen LogP contribution in [0.15, 0.2) is 127 Å². The summed E-state index contributed by atoms with van der Waals surface area (Å²) >= 11 is 0. The summed E-state index contributed by atoms with van der Waals surface area (Å²) < 4.78 is 0. The molecule has 0 saturated heterocycles. The highest BCUT2D eigenvalue weighted by Crippen LogP contribution is 2.33. The predicted octanol–water partition coefficient (Wildman–Crippen LogP) is 9.34. The topological polar surface area (TPSA) is 0 Å². The van der Waals surface area contributed by atoms with Gasteiger partial charge in [0.1, 0.15) is 0 Å². The Morgan fingerprint density at radius 2 is 1.06 bits per heavy atom. The maximum Gasteiger partial charge on any atom is 0.00618 e. The Kier molecular flexibility index (Phi) is 7.20. The highest BCUT2D eigenvalue weighted by Gasteiger charge is 2.15. The van der Waals surface area contributed by atoms with Crippen molar-refractivity contribution < 1.29 is 0 Å². The fraction of sp³-hybridized carbons (Fsp3) is 0.143. The van der Waals surface area contributed by atoms with Crippen molar-refractivity contribution in [1.82, 2.24) is 0 Å². The van der Waals surface area contributed by atoms with E-state index >= 15 is 0 Å². The van der Waals surface area contributed by atoms with E-state index < -0.39 is 0 Å². The fourth-order valence-electron chi connectivity index (χ4n) is 4.86. The second-order valence-electron chi connectivity index (χ2n) is 9.41. The van der Waals surface area contributed by atoms with Crippen LogP contribution >= 0.6 is 0 Å². The Balaban J connectivity index is 1.47. The molecule has 0 amide bonds. The molecule has 0 aromatic heterocycles. The summed E-state index contributed by atoms with van der Waals surface area (Å²) in [4.78, 5) is 0. The Hall–Kier alpha value is -3.90. The van der Waals surface area contributed by atoms with Crippen LogP contribution in [0.5, 0.6) is 0 Å². The Labute approximate surface area is 210 Å². The van der Waals surface area contributed by atoms with E-state index in [-0.39, 0.29) is 0 Å². The van der Waals surface area contributed by atoms with Gasteiger partial charge in [-0.3, -0.25) is 0 Å². The van der Waals surface area contributed by atoms with Gasteiger partial charge in [0.15, 0.2) is 0 Å². The molecule has 0 bridgehead atoms. The SMILES string of the molecule is Cc1ccc(C(=Cc2ccc(C=C(c3ccccc3)C3C=CC=CC3)cc2)C2C=CC=CC2)cc1. The molecule has 0 saturated carbocycles. The summed E-state index contributed by atoms with van der Waals surface area (Å²) in [6.45, 7) is 2.14. The van der Waals surface area contributed by atoms with E-state index in [1.165, 1.54) is 39.0 Å². The van der Waals surface area contributed by atoms with E-state index in [0.717, 1.165) is 12.8 Å². The average molecular weight is 453 g/mol. The number of aryl methyl sites for hydroxylation is 1. The minimum Gasteiger partial charge on any atom is -0.0836 e. The van der Waals surface area contributed by atoms with Gasteiger partial charge >= 0.3 is 0 Å². The number of hydrogen-bond donors (Lipinski definition) is 0. The van der Waals surface area contributed by atoms with Crippen molar-refractivity contribution in [2.45, 2.75) is 19.8 Å². The molecule has 0 N–H and O–H groups in total. The standard InChI is InChI=1S/C35H32/c1-27-17-23-33(24-18-27)35(32-15-9-4-10-16-32)26-29-21-19-28(20-22-29)25-34(30-11-5-2-6-12-30)31-13-7-3-8-14-31/h2-13,15,17-26,31-32H,14,16H2,1H3. The molecule has 0 heteroatoms. The van der Waals surface area contributed by atoms with Crippen molar-refractivity contribution in [3.8, 4) is 0 Å². The second-order valence-corrected chi connectivity index (χ2v) is 9.41. The van der Waals surface area contributed by atoms with Crippen LogP contribution in [0.3, 0.4) is 0 Å². The first-order chi connectivity index (χ1) is 17.3. The van der Waals surface area contributed by atoms with E-state index in [1.807, 2.05) is 0 Å². The third-order valence-corrected chi connectivity index (χ3v) is 6.83. The van der Waals surface area contributed by atoms with E-state index in [1.54, 1.807) is 0 Å². The van der Waals surface area contributed by atoms with E-state index in [9.17, 15) is 0 Å². The lowest BCUT2D eigenvalue weighted by atomic mass is 9.85. The predicted molar refractivity (Wildman–Crippen MR) is 153 cm³/mol. The zero-order chi connectivity index (χ0) is 23.9. The third-order valence-electron chi connectivity index (χ3n) is 6.83. The van der Waals surface area contributed by atoms with Crippen molar-refractivity contribution in [3.05, 3.63) is 155 Å². The van der Waals surface area contributed by atoms with Gasteiger partial charge < -0.3 is 0 Å². The van der Waals surface area contributed by atoms with Gasteiger partial charge in [-0.15, -0.1) is 0 Å². The molecule has 0 fully saturated rings. The molecular weight excluding hydrogens is 420 g/mol. The first-order valence-electron chi connectivity index (χ1n) is 12.6. The summed E-state index contributed by atoms with van der Waals surface area (Å²) in [5, 5.41) is 0. The Morgan fingerprint density at radius 1 is 0.571 bits per heavy atom. The van der Waals surface area contributed by atoms with Crippen molar-refractivity contribution in [2.75, 3.05) is 0 Å². The van der Waals surface area contributed by atoms with Gasteiger partial charge in [0.05, 0.1) is 0 Å². The maximum atomic E-state index is 2.36. The lowest BCUT2D eigenvalue weighted by Gasteiger charge is -2.19. The number of allylic oxidation sites excluding steroid dienone is 10. The molecule has 2 aliphatic rings. The molecule has 0 heterocycles. The third kappa shape index (κ3) is 5.78. The largest absolute Gasteiger partial charge is 0.0836 e. The average Bonchev–Trinajstić information content (AvgIpc) is 2.93. The number of rotatable bonds is 6. The molecule has 0 aliphatic heterocycles. The van der Waals surface area contributed by atoms with Crippen LogP contribution in [-0.2, 0) is 0 Å². The Morgan fingerprint density at radius 3 is 1.51 bits per heavy atom. The lowest BCUT2D eigenvalue weighted by molar-refractivity contribution is 0.846. The highest BCUT2D eigenvalue weighted by atomic mass is 14.2. The number of hydrogen-bond acceptors (Lipinski definition) is 0. The van der Waals surface area contributed by atoms with E-state index in [4.69, 9.17) is 0 Å². The van der Waals surface area contributed by atoms with Gasteiger partial charge in [0.2, 0.25) is 0 Å². The number of benzene rings is 3. The minimum absolute atomic E-state index is 0.401. The normalized spacial score (nSPS) is 19.8. The van der Waals surface area contributed by atoms with Crippen molar-refractivity contribution in [3.63, 3.8) is 0 Å². The molecular formula is C35H32. The van der Waals surface area contributed by atoms with Gasteiger partial charge in [-0.2, -0.15) is 0 Å². The monoisotopic (exact) mass is 452 g/mol. The molecule has 2 atom stereocenters. The zero-order valence-corrected chi connectivity index (χ0v) is 20.3. The molecule has 2 aliphatic carbocycles. The molecule has 172 valence electrons. The molecule has 0 radical (unpaired) electrons. The van der Waals surface area contributed by atoms with Crippen molar-refractivity contribution in [1.29, 1.82) is 0 Å². The minimum atomic E-state index is 0.401. The Bertz CT molecular complexity index is 1310. The van der Waals surface area contributed by atoms with Crippen LogP contribution < -0.4 is 0 Å². The quantitative estimate of drug-likeness (QED) is 0.327. The fourth-order valence-corrected chi connectivity index (χ4v) is 4.86. The second kappa shape index (κ2) is 11.0. The summed E-state index contributed by atoms with van der Waals surface area (Å²) in [6.07, 6.45) is 24.6. The van der Waals surface area contributed by atoms with E-state index in [0.29, 0.717) is 11.8 Å². The summed E-state index contributed by atoms with van der Waals surface area (Å²) in [7, 11) is 0. The van der Waals surface area contributed by atoms with Crippen LogP contribution in [-0.4, -0.2) is 0 Å². The lowest BCUT2D eigenvalue weighted by Crippen LogP contribution is -2.02. The summed E-state index contributed by atoms with van der Waals surface area (Å²) in [5.41, 5.74) is 9.10. The molecule has 35 heavy (non-hydrogen) atoms. The van der Waals surface area contributed by atoms with Gasteiger partial charge in [-0.05, 0) is 53.2 Å². The molecule has 3 aromatic carbocycles. The van der Waals surface area contributed by atoms with Gasteiger partial charge in [-0.1, -0.05) is 145 Å². The zero-order valence-electron chi connectivity index (χ0n) is 20.3. The molecule has 0 nitrogen and oxygen atoms in total. The maximum absolute atomic E-state index is 2.36. The van der Waals surface area contributed by atoms with Gasteiger partial charge in [-0.25, -0.2) is 0 Å². The van der Waals surface area contributed by atoms with Crippen LogP contribution in [0.25, 0.3) is 23.3 Å². The highest BCUT2D eigenvalue weighted by molar-refractivity contribution is 5.86. The van der Waals surface area contributed by atoms with Crippen LogP contribution in [0.1, 0.15) is 40.7 Å². The van der Waals surface area contributed by atoms with Crippen molar-refractivity contribution in [2.24, 2.45) is 11.8 Å². The first-order valence-corrected chi connectivity index (χ1v) is 12.6. The van der Waals surface area contributed by atoms with Gasteiger partial charge in [0.25, 0.3) is 0 Å². The molecule has 5 rings (SSSR count). The van der Waals surface area contributed by atoms with Gasteiger partial charge in [0, 0.05) is 11.8 Å². The smallest absolute Gasteiger partial charge is 0.00618 e. The van der Waals surface area contributed by atoms with Crippen LogP contribution in [0.2, 0.25) is 0 Å². The molecule has 3 aromatic rings. The van der Waals surface area contributed by atoms with E-state index in [2.05, 4.69) is 147 Å².